The van der Waals surface area contributed by atoms with Gasteiger partial charge in [-0.15, -0.1) is 0 Å². The average molecular weight is 443 g/mol. The number of anilines is 1. The van der Waals surface area contributed by atoms with Crippen LogP contribution in [0.3, 0.4) is 0 Å². The van der Waals surface area contributed by atoms with Gasteiger partial charge in [0.2, 0.25) is 11.8 Å². The number of carbonyl (C=O) groups is 2. The Morgan fingerprint density at radius 2 is 2.00 bits per heavy atom. The maximum atomic E-state index is 12.9. The van der Waals surface area contributed by atoms with E-state index in [1.165, 1.54) is 17.0 Å². The highest BCUT2D eigenvalue weighted by molar-refractivity contribution is 5.97. The van der Waals surface area contributed by atoms with Crippen molar-refractivity contribution in [2.45, 2.75) is 26.1 Å². The summed E-state index contributed by atoms with van der Waals surface area (Å²) >= 11 is 0. The van der Waals surface area contributed by atoms with Gasteiger partial charge in [0.1, 0.15) is 0 Å². The minimum absolute atomic E-state index is 0.00846. The van der Waals surface area contributed by atoms with Gasteiger partial charge in [0, 0.05) is 43.0 Å². The number of H-pyrrole nitrogens is 1. The molecular weight excluding hydrogens is 423 g/mol. The molecule has 2 N–H and O–H groups in total. The monoisotopic (exact) mass is 443 g/mol. The first-order chi connectivity index (χ1) is 15.2. The van der Waals surface area contributed by atoms with E-state index < -0.39 is 17.7 Å². The van der Waals surface area contributed by atoms with Crippen molar-refractivity contribution in [3.63, 3.8) is 0 Å². The number of nitrogens with zero attached hydrogens (tertiary/aromatic N) is 3. The number of rotatable bonds is 5. The largest absolute Gasteiger partial charge is 0.416 e. The van der Waals surface area contributed by atoms with Gasteiger partial charge in [0.25, 0.3) is 0 Å². The van der Waals surface area contributed by atoms with Crippen LogP contribution in [-0.4, -0.2) is 38.4 Å². The Hall–Kier alpha value is -3.69. The molecule has 0 spiro atoms. The highest BCUT2D eigenvalue weighted by Gasteiger charge is 2.35. The summed E-state index contributed by atoms with van der Waals surface area (Å²) in [6.45, 7) is 1.95. The van der Waals surface area contributed by atoms with Crippen molar-refractivity contribution in [3.8, 4) is 11.3 Å². The molecule has 1 aliphatic rings. The Kier molecular flexibility index (Phi) is 5.68. The number of likely N-dealkylation sites (tertiary alicyclic amines) is 1. The zero-order valence-corrected chi connectivity index (χ0v) is 17.1. The van der Waals surface area contributed by atoms with Gasteiger partial charge < -0.3 is 10.2 Å². The van der Waals surface area contributed by atoms with Crippen LogP contribution in [0.4, 0.5) is 19.0 Å². The number of aromatic amines is 1. The Balaban J connectivity index is 1.41. The molecule has 166 valence electrons. The number of aromatic nitrogens is 3. The van der Waals surface area contributed by atoms with Gasteiger partial charge in [-0.1, -0.05) is 12.1 Å². The quantitative estimate of drug-likeness (QED) is 0.628. The molecule has 1 aromatic carbocycles. The number of benzene rings is 1. The third-order valence-corrected chi connectivity index (χ3v) is 5.43. The van der Waals surface area contributed by atoms with Crippen LogP contribution < -0.4 is 5.32 Å². The van der Waals surface area contributed by atoms with Gasteiger partial charge >= 0.3 is 6.18 Å². The normalized spacial score (nSPS) is 16.4. The predicted octanol–water partition coefficient (Wildman–Crippen LogP) is 3.79. The predicted molar refractivity (Wildman–Crippen MR) is 110 cm³/mol. The summed E-state index contributed by atoms with van der Waals surface area (Å²) in [5, 5.41) is 9.80. The molecule has 1 saturated heterocycles. The third kappa shape index (κ3) is 4.48. The van der Waals surface area contributed by atoms with E-state index in [0.29, 0.717) is 11.4 Å². The zero-order chi connectivity index (χ0) is 22.9. The molecule has 32 heavy (non-hydrogen) atoms. The van der Waals surface area contributed by atoms with Crippen LogP contribution in [0.2, 0.25) is 0 Å². The highest BCUT2D eigenvalue weighted by atomic mass is 19.4. The van der Waals surface area contributed by atoms with Crippen molar-refractivity contribution in [2.24, 2.45) is 5.92 Å². The summed E-state index contributed by atoms with van der Waals surface area (Å²) < 4.78 is 38.8. The van der Waals surface area contributed by atoms with Crippen LogP contribution in [0.15, 0.2) is 48.8 Å². The summed E-state index contributed by atoms with van der Waals surface area (Å²) in [6.07, 6.45) is -1.16. The molecule has 3 heterocycles. The standard InChI is InChI=1S/C22H20F3N5O2/c1-13-19(15-5-7-26-8-6-15)28-29-20(13)27-21(32)16-10-18(31)30(12-16)11-14-3-2-4-17(9-14)22(23,24)25/h2-9,16H,10-12H2,1H3,(H2,27,28,29,32). The lowest BCUT2D eigenvalue weighted by atomic mass is 10.1. The Morgan fingerprint density at radius 1 is 1.25 bits per heavy atom. The minimum atomic E-state index is -4.45. The molecule has 1 aliphatic heterocycles. The molecule has 2 aromatic heterocycles. The molecule has 7 nitrogen and oxygen atoms in total. The van der Waals surface area contributed by atoms with Crippen LogP contribution in [0.5, 0.6) is 0 Å². The fourth-order valence-corrected chi connectivity index (χ4v) is 3.71. The molecule has 1 fully saturated rings. The number of pyridine rings is 1. The van der Waals surface area contributed by atoms with Crippen molar-refractivity contribution >= 4 is 17.6 Å². The number of alkyl halides is 3. The molecule has 1 unspecified atom stereocenters. The number of hydrogen-bond donors (Lipinski definition) is 2. The molecule has 1 atom stereocenters. The minimum Gasteiger partial charge on any atom is -0.338 e. The summed E-state index contributed by atoms with van der Waals surface area (Å²) in [6, 6.07) is 8.47. The maximum Gasteiger partial charge on any atom is 0.416 e. The first-order valence-electron chi connectivity index (χ1n) is 9.92. The van der Waals surface area contributed by atoms with Gasteiger partial charge in [-0.25, -0.2) is 0 Å². The van der Waals surface area contributed by atoms with E-state index >= 15 is 0 Å². The Morgan fingerprint density at radius 3 is 2.72 bits per heavy atom. The van der Waals surface area contributed by atoms with E-state index in [4.69, 9.17) is 0 Å². The molecule has 3 aromatic rings. The van der Waals surface area contributed by atoms with E-state index in [0.717, 1.165) is 29.0 Å². The van der Waals surface area contributed by atoms with Crippen molar-refractivity contribution < 1.29 is 22.8 Å². The van der Waals surface area contributed by atoms with Gasteiger partial charge in [-0.05, 0) is 36.8 Å². The SMILES string of the molecule is Cc1c(NC(=O)C2CC(=O)N(Cc3cccc(C(F)(F)F)c3)C2)n[nH]c1-c1ccncc1. The highest BCUT2D eigenvalue weighted by Crippen LogP contribution is 2.31. The van der Waals surface area contributed by atoms with Gasteiger partial charge in [0.05, 0.1) is 17.2 Å². The second-order valence-electron chi connectivity index (χ2n) is 7.67. The smallest absolute Gasteiger partial charge is 0.338 e. The summed E-state index contributed by atoms with van der Waals surface area (Å²) in [4.78, 5) is 30.5. The van der Waals surface area contributed by atoms with Gasteiger partial charge in [-0.2, -0.15) is 18.3 Å². The first-order valence-corrected chi connectivity index (χ1v) is 9.92. The second-order valence-corrected chi connectivity index (χ2v) is 7.67. The van der Waals surface area contributed by atoms with Crippen molar-refractivity contribution in [1.82, 2.24) is 20.1 Å². The van der Waals surface area contributed by atoms with Crippen molar-refractivity contribution in [1.29, 1.82) is 0 Å². The maximum absolute atomic E-state index is 12.9. The third-order valence-electron chi connectivity index (χ3n) is 5.43. The number of nitrogens with one attached hydrogen (secondary N) is 2. The number of carbonyl (C=O) groups excluding carboxylic acids is 2. The van der Waals surface area contributed by atoms with Crippen LogP contribution in [0.1, 0.15) is 23.1 Å². The Labute approximate surface area is 181 Å². The van der Waals surface area contributed by atoms with Gasteiger partial charge in [0.15, 0.2) is 5.82 Å². The topological polar surface area (TPSA) is 91.0 Å². The molecule has 0 bridgehead atoms. The van der Waals surface area contributed by atoms with Crippen LogP contribution in [-0.2, 0) is 22.3 Å². The number of hydrogen-bond acceptors (Lipinski definition) is 4. The second kappa shape index (κ2) is 8.45. The first kappa shape index (κ1) is 21.5. The van der Waals surface area contributed by atoms with Crippen molar-refractivity contribution in [3.05, 3.63) is 65.5 Å². The number of halogens is 3. The van der Waals surface area contributed by atoms with E-state index in [1.807, 2.05) is 19.1 Å². The molecule has 0 aliphatic carbocycles. The molecule has 2 amide bonds. The summed E-state index contributed by atoms with van der Waals surface area (Å²) in [5.74, 6) is -0.890. The molecule has 0 saturated carbocycles. The van der Waals surface area contributed by atoms with E-state index in [2.05, 4.69) is 20.5 Å². The lowest BCUT2D eigenvalue weighted by molar-refractivity contribution is -0.137. The summed E-state index contributed by atoms with van der Waals surface area (Å²) in [5.41, 5.74) is 1.95. The Bertz CT molecular complexity index is 1140. The lowest BCUT2D eigenvalue weighted by Crippen LogP contribution is -2.28. The zero-order valence-electron chi connectivity index (χ0n) is 17.1. The molecule has 4 rings (SSSR count). The van der Waals surface area contributed by atoms with Crippen LogP contribution in [0, 0.1) is 12.8 Å². The van der Waals surface area contributed by atoms with Crippen molar-refractivity contribution in [2.75, 3.05) is 11.9 Å². The number of amides is 2. The molecular formula is C22H20F3N5O2. The lowest BCUT2D eigenvalue weighted by Gasteiger charge is -2.17. The fourth-order valence-electron chi connectivity index (χ4n) is 3.71. The molecule has 10 heteroatoms. The fraction of sp³-hybridized carbons (Fsp3) is 0.273. The molecule has 0 radical (unpaired) electrons. The van der Waals surface area contributed by atoms with E-state index in [9.17, 15) is 22.8 Å². The van der Waals surface area contributed by atoms with Gasteiger partial charge in [-0.3, -0.25) is 19.7 Å². The van der Waals surface area contributed by atoms with Crippen LogP contribution >= 0.6 is 0 Å². The van der Waals surface area contributed by atoms with E-state index in [1.54, 1.807) is 12.4 Å². The summed E-state index contributed by atoms with van der Waals surface area (Å²) in [7, 11) is 0. The van der Waals surface area contributed by atoms with E-state index in [-0.39, 0.29) is 31.3 Å². The van der Waals surface area contributed by atoms with Crippen LogP contribution in [0.25, 0.3) is 11.3 Å². The average Bonchev–Trinajstić information content (AvgIpc) is 3.31.